The summed E-state index contributed by atoms with van der Waals surface area (Å²) in [5, 5.41) is 24.2. The van der Waals surface area contributed by atoms with E-state index in [1.807, 2.05) is 0 Å². The Morgan fingerprint density at radius 3 is 2.12 bits per heavy atom. The lowest BCUT2D eigenvalue weighted by molar-refractivity contribution is -0.133. The van der Waals surface area contributed by atoms with Crippen LogP contribution in [-0.4, -0.2) is 57.8 Å². The minimum absolute atomic E-state index is 0.0581. The Kier molecular flexibility index (Phi) is 14.1. The molecule has 8 nitrogen and oxygen atoms in total. The summed E-state index contributed by atoms with van der Waals surface area (Å²) in [7, 11) is 0. The van der Waals surface area contributed by atoms with Crippen molar-refractivity contribution in [3.05, 3.63) is 37.1 Å². The van der Waals surface area contributed by atoms with Gasteiger partial charge < -0.3 is 26.0 Å². The van der Waals surface area contributed by atoms with Gasteiger partial charge in [-0.3, -0.25) is 4.79 Å². The first-order valence-electron chi connectivity index (χ1n) is 7.32. The lowest BCUT2D eigenvalue weighted by Gasteiger charge is -2.08. The summed E-state index contributed by atoms with van der Waals surface area (Å²) in [4.78, 5) is 33.2. The number of hydrogen-bond acceptors (Lipinski definition) is 5. The molecule has 0 radical (unpaired) electrons. The van der Waals surface area contributed by atoms with Crippen molar-refractivity contribution >= 4 is 17.8 Å². The number of rotatable bonds is 6. The van der Waals surface area contributed by atoms with Crippen LogP contribution in [0.5, 0.6) is 0 Å². The van der Waals surface area contributed by atoms with E-state index in [9.17, 15) is 14.4 Å². The Bertz CT molecular complexity index is 471. The van der Waals surface area contributed by atoms with Crippen LogP contribution in [-0.2, 0) is 14.4 Å². The maximum absolute atomic E-state index is 11.6. The average molecular weight is 342 g/mol. The van der Waals surface area contributed by atoms with E-state index in [-0.39, 0.29) is 18.4 Å². The van der Waals surface area contributed by atoms with Crippen molar-refractivity contribution in [1.29, 1.82) is 0 Å². The first-order valence-corrected chi connectivity index (χ1v) is 7.32. The van der Waals surface area contributed by atoms with Crippen LogP contribution in [0.4, 0.5) is 0 Å². The SMILES string of the molecule is C=CC(=O)O.C=CN1CCC(C=C(CC)C(=O)O)C1=O.NCCO. The van der Waals surface area contributed by atoms with E-state index in [1.54, 1.807) is 13.0 Å². The van der Waals surface area contributed by atoms with Crippen molar-refractivity contribution in [1.82, 2.24) is 4.90 Å². The van der Waals surface area contributed by atoms with Gasteiger partial charge in [0.05, 0.1) is 12.5 Å². The van der Waals surface area contributed by atoms with E-state index in [0.717, 1.165) is 6.08 Å². The number of carboxylic acid groups (broad SMARTS) is 2. The van der Waals surface area contributed by atoms with Crippen LogP contribution >= 0.6 is 0 Å². The Morgan fingerprint density at radius 1 is 1.38 bits per heavy atom. The maximum Gasteiger partial charge on any atom is 0.331 e. The third kappa shape index (κ3) is 10.3. The van der Waals surface area contributed by atoms with Crippen LogP contribution in [0.2, 0.25) is 0 Å². The number of carbonyl (C=O) groups is 3. The molecular weight excluding hydrogens is 316 g/mol. The van der Waals surface area contributed by atoms with Gasteiger partial charge in [0.25, 0.3) is 0 Å². The van der Waals surface area contributed by atoms with E-state index < -0.39 is 11.9 Å². The standard InChI is InChI=1S/C11H15NO3.C3H4O2.C2H7NO/c1-3-8(11(14)15)7-9-5-6-12(4-2)10(9)13;1-2-3(4)5;3-1-2-4/h4,7,9H,2-3,5-6H2,1H3,(H,14,15);2H,1H2,(H,4,5);4H,1-3H2. The second-order valence-corrected chi connectivity index (χ2v) is 4.51. The molecule has 1 saturated heterocycles. The molecule has 1 fully saturated rings. The lowest BCUT2D eigenvalue weighted by Crippen LogP contribution is -2.21. The number of aliphatic carboxylic acids is 2. The molecule has 1 amide bonds. The highest BCUT2D eigenvalue weighted by Gasteiger charge is 2.29. The van der Waals surface area contributed by atoms with Gasteiger partial charge in [-0.25, -0.2) is 9.59 Å². The van der Waals surface area contributed by atoms with E-state index in [4.69, 9.17) is 21.1 Å². The molecule has 0 aliphatic carbocycles. The van der Waals surface area contributed by atoms with Gasteiger partial charge in [0.15, 0.2) is 0 Å². The first-order chi connectivity index (χ1) is 11.3. The number of likely N-dealkylation sites (tertiary alicyclic amines) is 1. The molecule has 0 spiro atoms. The third-order valence-corrected chi connectivity index (χ3v) is 2.86. The Morgan fingerprint density at radius 2 is 1.88 bits per heavy atom. The summed E-state index contributed by atoms with van der Waals surface area (Å²) >= 11 is 0. The van der Waals surface area contributed by atoms with Crippen molar-refractivity contribution in [2.24, 2.45) is 11.7 Å². The molecule has 1 rings (SSSR count). The monoisotopic (exact) mass is 342 g/mol. The predicted molar refractivity (Wildman–Crippen MR) is 90.0 cm³/mol. The Balaban J connectivity index is 0. The summed E-state index contributed by atoms with van der Waals surface area (Å²) < 4.78 is 0. The van der Waals surface area contributed by atoms with Crippen LogP contribution in [0.15, 0.2) is 37.1 Å². The highest BCUT2D eigenvalue weighted by atomic mass is 16.4. The molecule has 0 bridgehead atoms. The van der Waals surface area contributed by atoms with E-state index in [0.29, 0.717) is 31.5 Å². The highest BCUT2D eigenvalue weighted by Crippen LogP contribution is 2.21. The Hall–Kier alpha value is -2.45. The number of aliphatic hydroxyl groups is 1. The van der Waals surface area contributed by atoms with Gasteiger partial charge in [0.1, 0.15) is 0 Å². The number of nitrogens with zero attached hydrogens (tertiary/aromatic N) is 1. The van der Waals surface area contributed by atoms with E-state index >= 15 is 0 Å². The summed E-state index contributed by atoms with van der Waals surface area (Å²) in [5.41, 5.74) is 5.08. The van der Waals surface area contributed by atoms with Gasteiger partial charge in [-0.05, 0) is 19.0 Å². The van der Waals surface area contributed by atoms with Gasteiger partial charge in [0, 0.05) is 24.7 Å². The molecule has 136 valence electrons. The van der Waals surface area contributed by atoms with Crippen LogP contribution in [0, 0.1) is 5.92 Å². The van der Waals surface area contributed by atoms with Crippen LogP contribution in [0.3, 0.4) is 0 Å². The molecule has 0 aromatic rings. The number of carbonyl (C=O) groups excluding carboxylic acids is 1. The molecule has 24 heavy (non-hydrogen) atoms. The average Bonchev–Trinajstić information content (AvgIpc) is 2.92. The molecule has 1 unspecified atom stereocenters. The van der Waals surface area contributed by atoms with Gasteiger partial charge >= 0.3 is 11.9 Å². The minimum Gasteiger partial charge on any atom is -0.478 e. The summed E-state index contributed by atoms with van der Waals surface area (Å²) in [6, 6.07) is 0. The van der Waals surface area contributed by atoms with Gasteiger partial charge in [-0.1, -0.05) is 26.2 Å². The number of amides is 1. The zero-order valence-corrected chi connectivity index (χ0v) is 13.9. The molecule has 0 saturated carbocycles. The quantitative estimate of drug-likeness (QED) is 0.518. The van der Waals surface area contributed by atoms with Crippen molar-refractivity contribution in [2.45, 2.75) is 19.8 Å². The number of hydrogen-bond donors (Lipinski definition) is 4. The number of aliphatic hydroxyl groups excluding tert-OH is 1. The maximum atomic E-state index is 11.6. The summed E-state index contributed by atoms with van der Waals surface area (Å²) in [6.07, 6.45) is 4.99. The van der Waals surface area contributed by atoms with Gasteiger partial charge in [-0.15, -0.1) is 0 Å². The van der Waals surface area contributed by atoms with Crippen molar-refractivity contribution in [2.75, 3.05) is 19.7 Å². The third-order valence-electron chi connectivity index (χ3n) is 2.86. The van der Waals surface area contributed by atoms with Crippen LogP contribution in [0.25, 0.3) is 0 Å². The van der Waals surface area contributed by atoms with Crippen molar-refractivity contribution in [3.63, 3.8) is 0 Å². The van der Waals surface area contributed by atoms with Gasteiger partial charge in [0.2, 0.25) is 5.91 Å². The minimum atomic E-state index is -0.981. The lowest BCUT2D eigenvalue weighted by atomic mass is 10.0. The summed E-state index contributed by atoms with van der Waals surface area (Å²) in [5.74, 6) is -2.28. The molecule has 1 aliphatic heterocycles. The van der Waals surface area contributed by atoms with E-state index in [1.165, 1.54) is 11.1 Å². The molecule has 0 aromatic heterocycles. The largest absolute Gasteiger partial charge is 0.478 e. The first kappa shape index (κ1) is 23.8. The van der Waals surface area contributed by atoms with Crippen LogP contribution in [0.1, 0.15) is 19.8 Å². The molecule has 8 heteroatoms. The molecule has 0 aromatic carbocycles. The second kappa shape index (κ2) is 14.2. The Labute approximate surface area is 141 Å². The normalized spacial score (nSPS) is 16.3. The van der Waals surface area contributed by atoms with Crippen LogP contribution < -0.4 is 5.73 Å². The topological polar surface area (TPSA) is 141 Å². The smallest absolute Gasteiger partial charge is 0.331 e. The zero-order chi connectivity index (χ0) is 19.1. The van der Waals surface area contributed by atoms with E-state index in [2.05, 4.69) is 13.2 Å². The predicted octanol–water partition coefficient (Wildman–Crippen LogP) is 0.594. The fourth-order valence-corrected chi connectivity index (χ4v) is 1.64. The zero-order valence-electron chi connectivity index (χ0n) is 13.9. The molecule has 1 atom stereocenters. The molecular formula is C16H26N2O6. The fourth-order valence-electron chi connectivity index (χ4n) is 1.64. The fraction of sp³-hybridized carbons (Fsp3) is 0.438. The molecule has 1 heterocycles. The van der Waals surface area contributed by atoms with Crippen molar-refractivity contribution < 1.29 is 29.7 Å². The summed E-state index contributed by atoms with van der Waals surface area (Å²) in [6.45, 7) is 9.36. The highest BCUT2D eigenvalue weighted by molar-refractivity contribution is 5.89. The van der Waals surface area contributed by atoms with Crippen molar-refractivity contribution in [3.8, 4) is 0 Å². The number of nitrogens with two attached hydrogens (primary N) is 1. The molecule has 5 N–H and O–H groups in total. The molecule has 1 aliphatic rings. The number of carboxylic acids is 2. The second-order valence-electron chi connectivity index (χ2n) is 4.51. The van der Waals surface area contributed by atoms with Gasteiger partial charge in [-0.2, -0.15) is 0 Å².